The summed E-state index contributed by atoms with van der Waals surface area (Å²) in [6.45, 7) is 0. The number of nitrogens with zero attached hydrogens (tertiary/aromatic N) is 3. The van der Waals surface area contributed by atoms with Crippen molar-refractivity contribution in [3.8, 4) is 10.7 Å². The molecule has 0 aliphatic heterocycles. The van der Waals surface area contributed by atoms with E-state index in [-0.39, 0.29) is 0 Å². The lowest BCUT2D eigenvalue weighted by molar-refractivity contribution is 0.111. The molecule has 76 valence electrons. The summed E-state index contributed by atoms with van der Waals surface area (Å²) in [5.74, 6) is 0. The van der Waals surface area contributed by atoms with E-state index in [1.165, 1.54) is 24.2 Å². The first-order valence-corrected chi connectivity index (χ1v) is 5.69. The Balaban J connectivity index is 2.03. The number of carbonyl (C=O) groups excluding carboxylic acids is 1. The van der Waals surface area contributed by atoms with Crippen molar-refractivity contribution in [3.63, 3.8) is 0 Å². The molecule has 0 radical (unpaired) electrons. The van der Waals surface area contributed by atoms with Crippen molar-refractivity contribution >= 4 is 17.6 Å². The predicted molar refractivity (Wildman–Crippen MR) is 57.0 cm³/mol. The summed E-state index contributed by atoms with van der Waals surface area (Å²) in [4.78, 5) is 18.9. The van der Waals surface area contributed by atoms with Crippen LogP contribution in [0.5, 0.6) is 0 Å². The summed E-state index contributed by atoms with van der Waals surface area (Å²) >= 11 is 1.49. The second-order valence-corrected chi connectivity index (χ2v) is 4.47. The molecule has 0 unspecified atom stereocenters. The first kappa shape index (κ1) is 8.79. The van der Waals surface area contributed by atoms with E-state index in [1.54, 1.807) is 5.38 Å². The van der Waals surface area contributed by atoms with Gasteiger partial charge in [0, 0.05) is 11.4 Å². The zero-order valence-electron chi connectivity index (χ0n) is 7.96. The Labute approximate surface area is 90.6 Å². The minimum Gasteiger partial charge on any atom is -0.326 e. The molecule has 2 aromatic rings. The van der Waals surface area contributed by atoms with Gasteiger partial charge >= 0.3 is 0 Å². The molecule has 4 nitrogen and oxygen atoms in total. The number of imidazole rings is 1. The van der Waals surface area contributed by atoms with Crippen molar-refractivity contribution in [2.24, 2.45) is 0 Å². The van der Waals surface area contributed by atoms with Gasteiger partial charge in [-0.25, -0.2) is 9.97 Å². The standard InChI is InChI=1S/C10H9N3OS/c14-4-7-5-15-10(12-7)9-3-11-6-13(9)8-1-2-8/h3-6,8H,1-2H2. The molecule has 0 saturated heterocycles. The summed E-state index contributed by atoms with van der Waals surface area (Å²) in [5.41, 5.74) is 1.52. The van der Waals surface area contributed by atoms with Gasteiger partial charge in [-0.05, 0) is 12.8 Å². The number of aldehydes is 1. The van der Waals surface area contributed by atoms with Gasteiger partial charge in [-0.1, -0.05) is 0 Å². The zero-order chi connectivity index (χ0) is 10.3. The van der Waals surface area contributed by atoms with Crippen LogP contribution >= 0.6 is 11.3 Å². The monoisotopic (exact) mass is 219 g/mol. The largest absolute Gasteiger partial charge is 0.326 e. The molecule has 5 heteroatoms. The van der Waals surface area contributed by atoms with Crippen LogP contribution in [0.4, 0.5) is 0 Å². The van der Waals surface area contributed by atoms with Crippen LogP contribution in [-0.2, 0) is 0 Å². The Kier molecular flexibility index (Phi) is 1.92. The van der Waals surface area contributed by atoms with E-state index in [1.807, 2.05) is 12.5 Å². The maximum Gasteiger partial charge on any atom is 0.169 e. The highest BCUT2D eigenvalue weighted by Crippen LogP contribution is 2.38. The molecule has 1 aliphatic rings. The summed E-state index contributed by atoms with van der Waals surface area (Å²) < 4.78 is 2.15. The van der Waals surface area contributed by atoms with E-state index in [2.05, 4.69) is 14.5 Å². The minimum atomic E-state index is 0.499. The highest BCUT2D eigenvalue weighted by atomic mass is 32.1. The molecule has 15 heavy (non-hydrogen) atoms. The third-order valence-electron chi connectivity index (χ3n) is 2.47. The molecule has 0 N–H and O–H groups in total. The third kappa shape index (κ3) is 1.48. The van der Waals surface area contributed by atoms with E-state index in [9.17, 15) is 4.79 Å². The Bertz CT molecular complexity index is 498. The number of rotatable bonds is 3. The van der Waals surface area contributed by atoms with Gasteiger partial charge in [-0.15, -0.1) is 11.3 Å². The molecule has 0 aromatic carbocycles. The van der Waals surface area contributed by atoms with Gasteiger partial charge in [0.05, 0.1) is 18.2 Å². The lowest BCUT2D eigenvalue weighted by Crippen LogP contribution is -1.94. The highest BCUT2D eigenvalue weighted by molar-refractivity contribution is 7.13. The van der Waals surface area contributed by atoms with Crippen LogP contribution in [0.15, 0.2) is 17.9 Å². The molecule has 1 aliphatic carbocycles. The van der Waals surface area contributed by atoms with Crippen LogP contribution in [0.2, 0.25) is 0 Å². The van der Waals surface area contributed by atoms with E-state index < -0.39 is 0 Å². The van der Waals surface area contributed by atoms with Crippen LogP contribution < -0.4 is 0 Å². The first-order valence-electron chi connectivity index (χ1n) is 4.81. The van der Waals surface area contributed by atoms with Crippen molar-refractivity contribution in [2.75, 3.05) is 0 Å². The van der Waals surface area contributed by atoms with Crippen molar-refractivity contribution in [1.82, 2.24) is 14.5 Å². The van der Waals surface area contributed by atoms with Gasteiger partial charge in [-0.3, -0.25) is 4.79 Å². The fourth-order valence-electron chi connectivity index (χ4n) is 1.57. The second kappa shape index (κ2) is 3.27. The lowest BCUT2D eigenvalue weighted by atomic mass is 10.4. The molecule has 2 aromatic heterocycles. The summed E-state index contributed by atoms with van der Waals surface area (Å²) in [7, 11) is 0. The maximum atomic E-state index is 10.5. The summed E-state index contributed by atoms with van der Waals surface area (Å²) in [6, 6.07) is 0.589. The van der Waals surface area contributed by atoms with Crippen LogP contribution in [0.1, 0.15) is 29.4 Å². The van der Waals surface area contributed by atoms with Crippen molar-refractivity contribution < 1.29 is 4.79 Å². The molecule has 1 fully saturated rings. The molecule has 1 saturated carbocycles. The Morgan fingerprint density at radius 1 is 1.53 bits per heavy atom. The molecule has 3 rings (SSSR count). The normalized spacial score (nSPS) is 15.5. The third-order valence-corrected chi connectivity index (χ3v) is 3.35. The maximum absolute atomic E-state index is 10.5. The quantitative estimate of drug-likeness (QED) is 0.743. The van der Waals surface area contributed by atoms with Crippen molar-refractivity contribution in [2.45, 2.75) is 18.9 Å². The Hall–Kier alpha value is -1.49. The SMILES string of the molecule is O=Cc1csc(-c2cncn2C2CC2)n1. The van der Waals surface area contributed by atoms with Crippen LogP contribution in [0, 0.1) is 0 Å². The minimum absolute atomic E-state index is 0.499. The lowest BCUT2D eigenvalue weighted by Gasteiger charge is -2.02. The van der Waals surface area contributed by atoms with E-state index in [0.29, 0.717) is 11.7 Å². The fraction of sp³-hybridized carbons (Fsp3) is 0.300. The highest BCUT2D eigenvalue weighted by Gasteiger charge is 2.26. The van der Waals surface area contributed by atoms with Gasteiger partial charge in [0.15, 0.2) is 6.29 Å². The van der Waals surface area contributed by atoms with Gasteiger partial charge < -0.3 is 4.57 Å². The molecule has 2 heterocycles. The smallest absolute Gasteiger partial charge is 0.169 e. The average molecular weight is 219 g/mol. The van der Waals surface area contributed by atoms with Crippen molar-refractivity contribution in [3.05, 3.63) is 23.6 Å². The van der Waals surface area contributed by atoms with Crippen LogP contribution in [0.3, 0.4) is 0 Å². The summed E-state index contributed by atoms with van der Waals surface area (Å²) in [6.07, 6.45) is 6.86. The Morgan fingerprint density at radius 2 is 2.40 bits per heavy atom. The molecule has 0 bridgehead atoms. The topological polar surface area (TPSA) is 47.8 Å². The fourth-order valence-corrected chi connectivity index (χ4v) is 2.35. The van der Waals surface area contributed by atoms with Crippen LogP contribution in [-0.4, -0.2) is 20.8 Å². The van der Waals surface area contributed by atoms with Gasteiger partial charge in [0.1, 0.15) is 10.7 Å². The van der Waals surface area contributed by atoms with Crippen LogP contribution in [0.25, 0.3) is 10.7 Å². The van der Waals surface area contributed by atoms with Gasteiger partial charge in [-0.2, -0.15) is 0 Å². The first-order chi connectivity index (χ1) is 7.38. The van der Waals surface area contributed by atoms with E-state index in [4.69, 9.17) is 0 Å². The summed E-state index contributed by atoms with van der Waals surface area (Å²) in [5, 5.41) is 2.65. The number of aromatic nitrogens is 3. The second-order valence-electron chi connectivity index (χ2n) is 3.61. The molecule has 0 atom stereocenters. The number of hydrogen-bond donors (Lipinski definition) is 0. The average Bonchev–Trinajstić information content (AvgIpc) is 2.83. The molecule has 0 spiro atoms. The van der Waals surface area contributed by atoms with Gasteiger partial charge in [0.25, 0.3) is 0 Å². The van der Waals surface area contributed by atoms with Crippen molar-refractivity contribution in [1.29, 1.82) is 0 Å². The number of carbonyl (C=O) groups is 1. The number of hydrogen-bond acceptors (Lipinski definition) is 4. The van der Waals surface area contributed by atoms with E-state index >= 15 is 0 Å². The molecule has 0 amide bonds. The van der Waals surface area contributed by atoms with Gasteiger partial charge in [0.2, 0.25) is 0 Å². The predicted octanol–water partition coefficient (Wildman–Crippen LogP) is 2.15. The number of thiazole rings is 1. The molecular weight excluding hydrogens is 210 g/mol. The van der Waals surface area contributed by atoms with E-state index in [0.717, 1.165) is 17.0 Å². The Morgan fingerprint density at radius 3 is 3.07 bits per heavy atom. The zero-order valence-corrected chi connectivity index (χ0v) is 8.78. The molecular formula is C10H9N3OS.